The van der Waals surface area contributed by atoms with E-state index in [0.717, 1.165) is 84.9 Å². The SMILES string of the molecule is O=c1c2ccc3c4c(Br)cc5c6c(ccc(c7c(Br)cc(c2c37)c2nc3ccccc3n12)c46)c(=O)n1c2ccccc2nc51. The fraction of sp³-hybridized carbons (Fsp3) is 0. The van der Waals surface area contributed by atoms with Crippen LogP contribution in [-0.4, -0.2) is 18.8 Å². The second-order valence-electron chi connectivity index (χ2n) is 11.5. The molecule has 0 aliphatic carbocycles. The summed E-state index contributed by atoms with van der Waals surface area (Å²) in [4.78, 5) is 38.1. The number of hydrogen-bond donors (Lipinski definition) is 0. The maximum Gasteiger partial charge on any atom is 0.264 e. The molecule has 4 aromatic heterocycles. The molecule has 0 aliphatic rings. The first-order chi connectivity index (χ1) is 21.5. The Morgan fingerprint density at radius 1 is 0.455 bits per heavy atom. The fourth-order valence-corrected chi connectivity index (χ4v) is 9.06. The highest BCUT2D eigenvalue weighted by atomic mass is 79.9. The summed E-state index contributed by atoms with van der Waals surface area (Å²) in [5, 5.41) is 11.0. The first-order valence-corrected chi connectivity index (χ1v) is 15.7. The lowest BCUT2D eigenvalue weighted by molar-refractivity contribution is 1.19. The molecule has 0 saturated heterocycles. The van der Waals surface area contributed by atoms with Gasteiger partial charge in [0.25, 0.3) is 11.1 Å². The van der Waals surface area contributed by atoms with Gasteiger partial charge in [-0.3, -0.25) is 18.4 Å². The van der Waals surface area contributed by atoms with Gasteiger partial charge in [0.1, 0.15) is 11.3 Å². The van der Waals surface area contributed by atoms with E-state index in [-0.39, 0.29) is 11.1 Å². The van der Waals surface area contributed by atoms with Gasteiger partial charge in [-0.15, -0.1) is 0 Å². The molecule has 0 bridgehead atoms. The van der Waals surface area contributed by atoms with Crippen LogP contribution in [0.2, 0.25) is 0 Å². The van der Waals surface area contributed by atoms with Gasteiger partial charge in [0.05, 0.1) is 22.1 Å². The number of benzene rings is 7. The van der Waals surface area contributed by atoms with Crippen LogP contribution in [0.5, 0.6) is 0 Å². The average molecular weight is 694 g/mol. The number of pyridine rings is 2. The van der Waals surface area contributed by atoms with Crippen LogP contribution in [0.15, 0.2) is 103 Å². The van der Waals surface area contributed by atoms with E-state index in [9.17, 15) is 9.59 Å². The van der Waals surface area contributed by atoms with Crippen LogP contribution < -0.4 is 11.1 Å². The van der Waals surface area contributed by atoms with Gasteiger partial charge in [0, 0.05) is 62.8 Å². The lowest BCUT2D eigenvalue weighted by Crippen LogP contribution is -2.14. The van der Waals surface area contributed by atoms with Gasteiger partial charge in [0.2, 0.25) is 0 Å². The molecule has 204 valence electrons. The van der Waals surface area contributed by atoms with Crippen LogP contribution >= 0.6 is 31.9 Å². The Kier molecular flexibility index (Phi) is 4.06. The molecule has 7 aromatic carbocycles. The first kappa shape index (κ1) is 23.5. The molecule has 6 nitrogen and oxygen atoms in total. The highest BCUT2D eigenvalue weighted by Crippen LogP contribution is 2.50. The summed E-state index contributed by atoms with van der Waals surface area (Å²) in [6, 6.07) is 27.7. The van der Waals surface area contributed by atoms with E-state index >= 15 is 0 Å². The third-order valence-electron chi connectivity index (χ3n) is 9.48. The highest BCUT2D eigenvalue weighted by Gasteiger charge is 2.26. The Morgan fingerprint density at radius 2 is 0.864 bits per heavy atom. The summed E-state index contributed by atoms with van der Waals surface area (Å²) in [6.07, 6.45) is 0. The van der Waals surface area contributed by atoms with Crippen molar-refractivity contribution in [2.45, 2.75) is 0 Å². The normalized spacial score (nSPS) is 13.0. The topological polar surface area (TPSA) is 68.7 Å². The predicted octanol–water partition coefficient (Wildman–Crippen LogP) is 8.77. The van der Waals surface area contributed by atoms with E-state index in [0.29, 0.717) is 22.1 Å². The van der Waals surface area contributed by atoms with Crippen molar-refractivity contribution in [3.05, 3.63) is 115 Å². The molecule has 11 rings (SSSR count). The van der Waals surface area contributed by atoms with Gasteiger partial charge in [-0.2, -0.15) is 0 Å². The van der Waals surface area contributed by atoms with Crippen molar-refractivity contribution in [3.8, 4) is 0 Å². The number of para-hydroxylation sites is 4. The molecule has 11 aromatic rings. The summed E-state index contributed by atoms with van der Waals surface area (Å²) in [5.41, 5.74) is 4.29. The molecule has 44 heavy (non-hydrogen) atoms. The summed E-state index contributed by atoms with van der Waals surface area (Å²) in [6.45, 7) is 0. The summed E-state index contributed by atoms with van der Waals surface area (Å²) in [5.74, 6) is 0. The molecule has 0 unspecified atom stereocenters. The van der Waals surface area contributed by atoms with Crippen LogP contribution in [0.4, 0.5) is 0 Å². The molecule has 0 fully saturated rings. The maximum absolute atomic E-state index is 14.1. The summed E-state index contributed by atoms with van der Waals surface area (Å²) in [7, 11) is 0. The second kappa shape index (κ2) is 7.59. The molecule has 0 saturated carbocycles. The van der Waals surface area contributed by atoms with E-state index in [1.807, 2.05) is 60.7 Å². The van der Waals surface area contributed by atoms with Crippen LogP contribution in [0.3, 0.4) is 0 Å². The minimum absolute atomic E-state index is 0.0827. The standard InChI is InChI=1S/C36H14Br2N4O2/c37-21-13-19-27-17(35(43)41-25-7-3-1-5-23(25)39-33(19)41)11-9-15-30-22(38)14-20-28-18(12-10-16(32(28)30)29(21)31(15)27)36(44)42-26-8-4-2-6-24(26)40-34(20)42/h1-14H. The monoisotopic (exact) mass is 692 g/mol. The zero-order valence-corrected chi connectivity index (χ0v) is 25.6. The van der Waals surface area contributed by atoms with Gasteiger partial charge < -0.3 is 0 Å². The Labute approximate surface area is 262 Å². The van der Waals surface area contributed by atoms with E-state index in [1.54, 1.807) is 8.80 Å². The van der Waals surface area contributed by atoms with Gasteiger partial charge in [-0.1, -0.05) is 68.3 Å². The van der Waals surface area contributed by atoms with E-state index in [2.05, 4.69) is 56.1 Å². The van der Waals surface area contributed by atoms with Crippen molar-refractivity contribution in [3.63, 3.8) is 0 Å². The molecule has 0 aliphatic heterocycles. The Morgan fingerprint density at radius 3 is 1.32 bits per heavy atom. The molecule has 8 heteroatoms. The number of aromatic nitrogens is 4. The highest BCUT2D eigenvalue weighted by molar-refractivity contribution is 9.11. The van der Waals surface area contributed by atoms with Crippen LogP contribution in [0.1, 0.15) is 0 Å². The summed E-state index contributed by atoms with van der Waals surface area (Å²) < 4.78 is 5.28. The number of hydrogen-bond acceptors (Lipinski definition) is 4. The lowest BCUT2D eigenvalue weighted by atomic mass is 9.86. The molecule has 4 heterocycles. The Hall–Kier alpha value is -4.92. The van der Waals surface area contributed by atoms with Crippen LogP contribution in [0.25, 0.3) is 98.0 Å². The maximum atomic E-state index is 14.1. The quantitative estimate of drug-likeness (QED) is 0.118. The van der Waals surface area contributed by atoms with Gasteiger partial charge in [0.15, 0.2) is 0 Å². The molecular formula is C36H14Br2N4O2. The lowest BCUT2D eigenvalue weighted by Gasteiger charge is -2.20. The van der Waals surface area contributed by atoms with E-state index in [4.69, 9.17) is 9.97 Å². The molecule has 0 radical (unpaired) electrons. The zero-order chi connectivity index (χ0) is 29.2. The fourth-order valence-electron chi connectivity index (χ4n) is 7.78. The zero-order valence-electron chi connectivity index (χ0n) is 22.4. The first-order valence-electron chi connectivity index (χ1n) is 14.2. The second-order valence-corrected chi connectivity index (χ2v) is 13.2. The number of nitrogens with zero attached hydrogens (tertiary/aromatic N) is 4. The number of halogens is 2. The molecule has 0 spiro atoms. The van der Waals surface area contributed by atoms with Gasteiger partial charge >= 0.3 is 0 Å². The minimum Gasteiger partial charge on any atom is -0.268 e. The molecule has 0 amide bonds. The van der Waals surface area contributed by atoms with Gasteiger partial charge in [-0.25, -0.2) is 9.97 Å². The van der Waals surface area contributed by atoms with Crippen molar-refractivity contribution < 1.29 is 0 Å². The van der Waals surface area contributed by atoms with Crippen molar-refractivity contribution in [2.24, 2.45) is 0 Å². The number of imidazole rings is 2. The molecule has 0 atom stereocenters. The smallest absolute Gasteiger partial charge is 0.264 e. The molecule has 0 N–H and O–H groups in total. The van der Waals surface area contributed by atoms with E-state index < -0.39 is 0 Å². The largest absolute Gasteiger partial charge is 0.268 e. The minimum atomic E-state index is -0.0827. The third kappa shape index (κ3) is 2.50. The molecular weight excluding hydrogens is 680 g/mol. The Balaban J connectivity index is 1.45. The van der Waals surface area contributed by atoms with Crippen molar-refractivity contribution in [1.29, 1.82) is 0 Å². The number of fused-ring (bicyclic) bond motifs is 10. The van der Waals surface area contributed by atoms with Crippen molar-refractivity contribution in [2.75, 3.05) is 0 Å². The van der Waals surface area contributed by atoms with E-state index in [1.165, 1.54) is 0 Å². The third-order valence-corrected chi connectivity index (χ3v) is 10.7. The van der Waals surface area contributed by atoms with Crippen molar-refractivity contribution in [1.82, 2.24) is 18.8 Å². The van der Waals surface area contributed by atoms with Crippen LogP contribution in [0, 0.1) is 0 Å². The van der Waals surface area contributed by atoms with Gasteiger partial charge in [-0.05, 0) is 59.3 Å². The predicted molar refractivity (Wildman–Crippen MR) is 185 cm³/mol. The summed E-state index contributed by atoms with van der Waals surface area (Å²) >= 11 is 7.89. The number of rotatable bonds is 0. The Bertz CT molecular complexity index is 3020. The average Bonchev–Trinajstić information content (AvgIpc) is 3.62. The van der Waals surface area contributed by atoms with Crippen LogP contribution in [-0.2, 0) is 0 Å². The van der Waals surface area contributed by atoms with Crippen molar-refractivity contribution >= 4 is 130 Å².